The minimum atomic E-state index is -0.255. The number of nitrogens with one attached hydrogen (secondary N) is 2. The molecule has 2 rings (SSSR count). The van der Waals surface area contributed by atoms with E-state index in [0.29, 0.717) is 29.7 Å². The summed E-state index contributed by atoms with van der Waals surface area (Å²) in [5.41, 5.74) is 1.87. The van der Waals surface area contributed by atoms with Crippen LogP contribution in [0.5, 0.6) is 5.75 Å². The molecule has 0 bridgehead atoms. The zero-order chi connectivity index (χ0) is 18.8. The van der Waals surface area contributed by atoms with E-state index < -0.39 is 0 Å². The Labute approximate surface area is 159 Å². The molecule has 2 amide bonds. The predicted molar refractivity (Wildman–Crippen MR) is 105 cm³/mol. The number of halogens is 1. The number of hydrogen-bond donors (Lipinski definition) is 2. The molecule has 0 aromatic heterocycles. The Balaban J connectivity index is 1.78. The molecule has 0 fully saturated rings. The second-order valence-corrected chi connectivity index (χ2v) is 6.42. The van der Waals surface area contributed by atoms with Crippen molar-refractivity contribution in [2.24, 2.45) is 0 Å². The van der Waals surface area contributed by atoms with Gasteiger partial charge in [0.15, 0.2) is 0 Å². The van der Waals surface area contributed by atoms with Crippen LogP contribution in [0.3, 0.4) is 0 Å². The van der Waals surface area contributed by atoms with E-state index in [2.05, 4.69) is 22.8 Å². The first-order valence-electron chi connectivity index (χ1n) is 8.61. The number of amides is 2. The van der Waals surface area contributed by atoms with Crippen LogP contribution >= 0.6 is 11.6 Å². The van der Waals surface area contributed by atoms with Gasteiger partial charge in [0.1, 0.15) is 12.4 Å². The molecule has 0 aliphatic heterocycles. The highest BCUT2D eigenvalue weighted by molar-refractivity contribution is 6.32. The summed E-state index contributed by atoms with van der Waals surface area (Å²) in [6.45, 7) is 2.89. The zero-order valence-corrected chi connectivity index (χ0v) is 15.9. The molecule has 0 spiro atoms. The third-order valence-corrected chi connectivity index (χ3v) is 4.12. The van der Waals surface area contributed by atoms with Crippen molar-refractivity contribution >= 4 is 23.3 Å². The smallest absolute Gasteiger partial charge is 0.319 e. The van der Waals surface area contributed by atoms with Gasteiger partial charge in [0.25, 0.3) is 0 Å². The minimum absolute atomic E-state index is 0.0577. The molecule has 0 aliphatic carbocycles. The van der Waals surface area contributed by atoms with Crippen LogP contribution in [0, 0.1) is 0 Å². The van der Waals surface area contributed by atoms with Crippen LogP contribution in [-0.2, 0) is 11.2 Å². The van der Waals surface area contributed by atoms with Gasteiger partial charge in [-0.25, -0.2) is 4.79 Å². The zero-order valence-electron chi connectivity index (χ0n) is 15.1. The normalized spacial score (nSPS) is 11.7. The lowest BCUT2D eigenvalue weighted by atomic mass is 10.1. The van der Waals surface area contributed by atoms with Gasteiger partial charge in [0, 0.05) is 18.8 Å². The van der Waals surface area contributed by atoms with Crippen molar-refractivity contribution in [2.75, 3.05) is 25.6 Å². The van der Waals surface area contributed by atoms with Crippen molar-refractivity contribution in [3.8, 4) is 5.75 Å². The molecular weight excluding hydrogens is 352 g/mol. The van der Waals surface area contributed by atoms with Gasteiger partial charge in [-0.2, -0.15) is 0 Å². The number of carbonyl (C=O) groups is 1. The lowest BCUT2D eigenvalue weighted by molar-refractivity contribution is 0.146. The standard InChI is InChI=1S/C20H25ClN2O3/c1-15(8-9-16-6-4-3-5-7-16)22-20(24)23-17-10-11-19(18(21)14-17)26-13-12-25-2/h3-7,10-11,14-15H,8-9,12-13H2,1-2H3,(H2,22,23,24). The van der Waals surface area contributed by atoms with Gasteiger partial charge in [-0.15, -0.1) is 0 Å². The van der Waals surface area contributed by atoms with Gasteiger partial charge < -0.3 is 20.1 Å². The molecule has 0 radical (unpaired) electrons. The average Bonchev–Trinajstić information content (AvgIpc) is 2.63. The molecule has 2 aromatic carbocycles. The van der Waals surface area contributed by atoms with Crippen LogP contribution < -0.4 is 15.4 Å². The summed E-state index contributed by atoms with van der Waals surface area (Å²) in [6.07, 6.45) is 1.78. The van der Waals surface area contributed by atoms with Crippen LogP contribution in [0.15, 0.2) is 48.5 Å². The number of methoxy groups -OCH3 is 1. The molecule has 1 unspecified atom stereocenters. The minimum Gasteiger partial charge on any atom is -0.490 e. The average molecular weight is 377 g/mol. The van der Waals surface area contributed by atoms with E-state index in [9.17, 15) is 4.79 Å². The SMILES string of the molecule is COCCOc1ccc(NC(=O)NC(C)CCc2ccccc2)cc1Cl. The summed E-state index contributed by atoms with van der Waals surface area (Å²) in [4.78, 5) is 12.1. The molecule has 2 N–H and O–H groups in total. The maximum absolute atomic E-state index is 12.1. The second-order valence-electron chi connectivity index (χ2n) is 6.01. The number of urea groups is 1. The Kier molecular flexibility index (Phi) is 8.25. The summed E-state index contributed by atoms with van der Waals surface area (Å²) in [6, 6.07) is 15.2. The molecule has 6 heteroatoms. The molecule has 2 aromatic rings. The van der Waals surface area contributed by atoms with Crippen LogP contribution in [0.4, 0.5) is 10.5 Å². The fourth-order valence-corrected chi connectivity index (χ4v) is 2.66. The highest BCUT2D eigenvalue weighted by Gasteiger charge is 2.09. The molecule has 0 aliphatic rings. The predicted octanol–water partition coefficient (Wildman–Crippen LogP) is 4.51. The molecule has 0 saturated carbocycles. The van der Waals surface area contributed by atoms with Crippen LogP contribution in [0.1, 0.15) is 18.9 Å². The van der Waals surface area contributed by atoms with Gasteiger partial charge >= 0.3 is 6.03 Å². The number of carbonyl (C=O) groups excluding carboxylic acids is 1. The van der Waals surface area contributed by atoms with Gasteiger partial charge in [0.05, 0.1) is 11.6 Å². The maximum atomic E-state index is 12.1. The molecule has 5 nitrogen and oxygen atoms in total. The van der Waals surface area contributed by atoms with Crippen LogP contribution in [0.2, 0.25) is 5.02 Å². The molecular formula is C20H25ClN2O3. The number of ether oxygens (including phenoxy) is 2. The van der Waals surface area contributed by atoms with Crippen molar-refractivity contribution < 1.29 is 14.3 Å². The Morgan fingerprint density at radius 1 is 1.15 bits per heavy atom. The van der Waals surface area contributed by atoms with E-state index in [0.717, 1.165) is 12.8 Å². The second kappa shape index (κ2) is 10.7. The Hall–Kier alpha value is -2.24. The molecule has 0 heterocycles. The number of anilines is 1. The number of benzene rings is 2. The first kappa shape index (κ1) is 20.1. The van der Waals surface area contributed by atoms with E-state index in [4.69, 9.17) is 21.1 Å². The summed E-state index contributed by atoms with van der Waals surface area (Å²) >= 11 is 6.18. The monoisotopic (exact) mass is 376 g/mol. The van der Waals surface area contributed by atoms with Crippen molar-refractivity contribution in [1.82, 2.24) is 5.32 Å². The van der Waals surface area contributed by atoms with Gasteiger partial charge in [-0.1, -0.05) is 41.9 Å². The first-order chi connectivity index (χ1) is 12.6. The largest absolute Gasteiger partial charge is 0.490 e. The van der Waals surface area contributed by atoms with Crippen molar-refractivity contribution in [1.29, 1.82) is 0 Å². The Morgan fingerprint density at radius 3 is 2.62 bits per heavy atom. The molecule has 0 saturated heterocycles. The molecule has 1 atom stereocenters. The van der Waals surface area contributed by atoms with E-state index in [1.165, 1.54) is 5.56 Å². The lowest BCUT2D eigenvalue weighted by Crippen LogP contribution is -2.36. The highest BCUT2D eigenvalue weighted by atomic mass is 35.5. The van der Waals surface area contributed by atoms with E-state index in [1.54, 1.807) is 25.3 Å². The lowest BCUT2D eigenvalue weighted by Gasteiger charge is -2.15. The van der Waals surface area contributed by atoms with E-state index >= 15 is 0 Å². The van der Waals surface area contributed by atoms with Crippen molar-refractivity contribution in [3.05, 3.63) is 59.1 Å². The maximum Gasteiger partial charge on any atom is 0.319 e. The summed E-state index contributed by atoms with van der Waals surface area (Å²) in [5, 5.41) is 6.17. The third-order valence-electron chi connectivity index (χ3n) is 3.82. The topological polar surface area (TPSA) is 59.6 Å². The molecule has 26 heavy (non-hydrogen) atoms. The van der Waals surface area contributed by atoms with Gasteiger partial charge in [-0.05, 0) is 43.5 Å². The molecule has 140 valence electrons. The van der Waals surface area contributed by atoms with Crippen LogP contribution in [-0.4, -0.2) is 32.4 Å². The quantitative estimate of drug-likeness (QED) is 0.633. The van der Waals surface area contributed by atoms with Gasteiger partial charge in [-0.3, -0.25) is 0 Å². The van der Waals surface area contributed by atoms with Crippen LogP contribution in [0.25, 0.3) is 0 Å². The third kappa shape index (κ3) is 6.94. The Morgan fingerprint density at radius 2 is 1.92 bits per heavy atom. The number of rotatable bonds is 9. The van der Waals surface area contributed by atoms with E-state index in [1.807, 2.05) is 25.1 Å². The summed E-state index contributed by atoms with van der Waals surface area (Å²) in [5.74, 6) is 0.561. The highest BCUT2D eigenvalue weighted by Crippen LogP contribution is 2.27. The fourth-order valence-electron chi connectivity index (χ4n) is 2.42. The van der Waals surface area contributed by atoms with Gasteiger partial charge in [0.2, 0.25) is 0 Å². The number of hydrogen-bond acceptors (Lipinski definition) is 3. The Bertz CT molecular complexity index is 695. The van der Waals surface area contributed by atoms with Crippen molar-refractivity contribution in [2.45, 2.75) is 25.8 Å². The van der Waals surface area contributed by atoms with Crippen molar-refractivity contribution in [3.63, 3.8) is 0 Å². The number of aryl methyl sites for hydroxylation is 1. The first-order valence-corrected chi connectivity index (χ1v) is 8.99. The summed E-state index contributed by atoms with van der Waals surface area (Å²) < 4.78 is 10.4. The van der Waals surface area contributed by atoms with E-state index in [-0.39, 0.29) is 12.1 Å². The fraction of sp³-hybridized carbons (Fsp3) is 0.350. The summed E-state index contributed by atoms with van der Waals surface area (Å²) in [7, 11) is 1.61.